The minimum Gasteiger partial charge on any atom is -0.399 e. The van der Waals surface area contributed by atoms with Crippen LogP contribution in [0.3, 0.4) is 0 Å². The molecule has 0 fully saturated rings. The maximum atomic E-state index is 5.65. The molecule has 0 amide bonds. The number of nitrogens with one attached hydrogen (secondary N) is 1. The molecule has 1 aromatic rings. The first-order chi connectivity index (χ1) is 7.13. The third-order valence-corrected chi connectivity index (χ3v) is 1.67. The second-order valence-corrected chi connectivity index (χ2v) is 3.27. The van der Waals surface area contributed by atoms with E-state index < -0.39 is 0 Å². The highest BCUT2D eigenvalue weighted by atomic mass is 15.3. The summed E-state index contributed by atoms with van der Waals surface area (Å²) in [6.45, 7) is 3.75. The van der Waals surface area contributed by atoms with Crippen LogP contribution in [0.1, 0.15) is 19.4 Å². The number of nitrogen functional groups attached to an aromatic ring is 1. The van der Waals surface area contributed by atoms with Gasteiger partial charge in [0.15, 0.2) is 5.84 Å². The maximum absolute atomic E-state index is 5.65. The van der Waals surface area contributed by atoms with E-state index in [1.807, 2.05) is 26.0 Å². The number of hydrazone groups is 2. The fourth-order valence-corrected chi connectivity index (χ4v) is 1.02. The average Bonchev–Trinajstić information content (AvgIpc) is 2.18. The molecule has 0 radical (unpaired) electrons. The summed E-state index contributed by atoms with van der Waals surface area (Å²) in [7, 11) is 0. The Labute approximate surface area is 88.9 Å². The van der Waals surface area contributed by atoms with Crippen LogP contribution in [-0.2, 0) is 0 Å². The number of hydrogen-bond donors (Lipinski definition) is 3. The number of amidine groups is 1. The lowest BCUT2D eigenvalue weighted by molar-refractivity contribution is 0.998. The van der Waals surface area contributed by atoms with Crippen molar-refractivity contribution in [3.05, 3.63) is 29.8 Å². The van der Waals surface area contributed by atoms with Crippen molar-refractivity contribution in [3.8, 4) is 0 Å². The highest BCUT2D eigenvalue weighted by Gasteiger charge is 2.01. The Morgan fingerprint density at radius 2 is 2.07 bits per heavy atom. The van der Waals surface area contributed by atoms with Crippen molar-refractivity contribution in [1.29, 1.82) is 0 Å². The molecule has 0 heterocycles. The summed E-state index contributed by atoms with van der Waals surface area (Å²) in [5.41, 5.74) is 10.8. The van der Waals surface area contributed by atoms with Gasteiger partial charge in [-0.05, 0) is 26.0 Å². The zero-order valence-electron chi connectivity index (χ0n) is 8.86. The van der Waals surface area contributed by atoms with E-state index in [2.05, 4.69) is 15.6 Å². The van der Waals surface area contributed by atoms with E-state index in [0.29, 0.717) is 11.5 Å². The van der Waals surface area contributed by atoms with Gasteiger partial charge in [0, 0.05) is 17.0 Å². The van der Waals surface area contributed by atoms with E-state index in [4.69, 9.17) is 11.6 Å². The predicted molar refractivity (Wildman–Crippen MR) is 63.5 cm³/mol. The molecule has 1 aromatic carbocycles. The highest BCUT2D eigenvalue weighted by molar-refractivity contribution is 5.99. The molecule has 80 valence electrons. The molecule has 0 saturated carbocycles. The van der Waals surface area contributed by atoms with E-state index >= 15 is 0 Å². The molecule has 0 aliphatic heterocycles. The molecule has 0 unspecified atom stereocenters. The molecular weight excluding hydrogens is 190 g/mol. The number of benzene rings is 1. The van der Waals surface area contributed by atoms with Crippen molar-refractivity contribution in [2.24, 2.45) is 16.0 Å². The summed E-state index contributed by atoms with van der Waals surface area (Å²) in [4.78, 5) is 0. The Bertz CT molecular complexity index is 391. The molecule has 1 rings (SSSR count). The van der Waals surface area contributed by atoms with Gasteiger partial charge in [-0.15, -0.1) is 0 Å². The second-order valence-electron chi connectivity index (χ2n) is 3.27. The van der Waals surface area contributed by atoms with Gasteiger partial charge in [-0.2, -0.15) is 10.2 Å². The summed E-state index contributed by atoms with van der Waals surface area (Å²) in [5.74, 6) is 5.75. The van der Waals surface area contributed by atoms with Crippen LogP contribution in [0.2, 0.25) is 0 Å². The van der Waals surface area contributed by atoms with Crippen LogP contribution in [0, 0.1) is 0 Å². The fraction of sp³-hybridized carbons (Fsp3) is 0.200. The standard InChI is InChI=1S/C10H15N5/c1-7(2)14-15-10(13-12)8-4-3-5-9(11)6-8/h3-6H,11-12H2,1-2H3,(H,13,15). The molecule has 0 spiro atoms. The molecule has 0 aliphatic carbocycles. The Kier molecular flexibility index (Phi) is 3.68. The fourth-order valence-electron chi connectivity index (χ4n) is 1.02. The molecular formula is C10H15N5. The SMILES string of the molecule is CC(C)=NN/C(=N/N)c1cccc(N)c1. The first-order valence-electron chi connectivity index (χ1n) is 4.54. The minimum atomic E-state index is 0.489. The molecule has 5 nitrogen and oxygen atoms in total. The quantitative estimate of drug-likeness (QED) is 0.220. The first-order valence-corrected chi connectivity index (χ1v) is 4.54. The lowest BCUT2D eigenvalue weighted by Gasteiger charge is -2.05. The molecule has 0 bridgehead atoms. The van der Waals surface area contributed by atoms with Gasteiger partial charge >= 0.3 is 0 Å². The molecule has 0 atom stereocenters. The summed E-state index contributed by atoms with van der Waals surface area (Å²) < 4.78 is 0. The Morgan fingerprint density at radius 1 is 1.33 bits per heavy atom. The number of hydrogen-bond acceptors (Lipinski definition) is 4. The van der Waals surface area contributed by atoms with Gasteiger partial charge in [0.25, 0.3) is 0 Å². The monoisotopic (exact) mass is 205 g/mol. The second kappa shape index (κ2) is 4.99. The van der Waals surface area contributed by atoms with Crippen LogP contribution in [0.4, 0.5) is 5.69 Å². The summed E-state index contributed by atoms with van der Waals surface area (Å²) >= 11 is 0. The molecule has 5 heteroatoms. The van der Waals surface area contributed by atoms with Crippen LogP contribution in [-0.4, -0.2) is 11.5 Å². The van der Waals surface area contributed by atoms with Crippen LogP contribution >= 0.6 is 0 Å². The number of rotatable bonds is 2. The zero-order valence-corrected chi connectivity index (χ0v) is 8.86. The lowest BCUT2D eigenvalue weighted by Crippen LogP contribution is -2.21. The van der Waals surface area contributed by atoms with E-state index in [9.17, 15) is 0 Å². The van der Waals surface area contributed by atoms with Crippen molar-refractivity contribution >= 4 is 17.2 Å². The van der Waals surface area contributed by atoms with E-state index in [-0.39, 0.29) is 0 Å². The third-order valence-electron chi connectivity index (χ3n) is 1.67. The molecule has 15 heavy (non-hydrogen) atoms. The van der Waals surface area contributed by atoms with E-state index in [1.165, 1.54) is 0 Å². The zero-order chi connectivity index (χ0) is 11.3. The predicted octanol–water partition coefficient (Wildman–Crippen LogP) is 0.874. The van der Waals surface area contributed by atoms with Gasteiger partial charge in [-0.3, -0.25) is 5.43 Å². The Balaban J connectivity index is 2.89. The van der Waals surface area contributed by atoms with Crippen LogP contribution in [0.5, 0.6) is 0 Å². The minimum absolute atomic E-state index is 0.489. The molecule has 0 aromatic heterocycles. The molecule has 5 N–H and O–H groups in total. The Hall–Kier alpha value is -2.04. The topological polar surface area (TPSA) is 88.8 Å². The van der Waals surface area contributed by atoms with Crippen molar-refractivity contribution in [2.75, 3.05) is 5.73 Å². The van der Waals surface area contributed by atoms with Crippen LogP contribution in [0.15, 0.2) is 34.5 Å². The molecule has 0 aliphatic rings. The van der Waals surface area contributed by atoms with Crippen molar-refractivity contribution in [3.63, 3.8) is 0 Å². The Morgan fingerprint density at radius 3 is 2.60 bits per heavy atom. The van der Waals surface area contributed by atoms with Crippen LogP contribution in [0.25, 0.3) is 0 Å². The summed E-state index contributed by atoms with van der Waals surface area (Å²) in [6.07, 6.45) is 0. The summed E-state index contributed by atoms with van der Waals surface area (Å²) in [6, 6.07) is 7.26. The highest BCUT2D eigenvalue weighted by Crippen LogP contribution is 2.06. The third kappa shape index (κ3) is 3.30. The first kappa shape index (κ1) is 11.0. The largest absolute Gasteiger partial charge is 0.399 e. The van der Waals surface area contributed by atoms with Crippen molar-refractivity contribution in [2.45, 2.75) is 13.8 Å². The van der Waals surface area contributed by atoms with Gasteiger partial charge in [-0.1, -0.05) is 12.1 Å². The number of nitrogens with two attached hydrogens (primary N) is 2. The van der Waals surface area contributed by atoms with Gasteiger partial charge in [-0.25, -0.2) is 0 Å². The van der Waals surface area contributed by atoms with E-state index in [0.717, 1.165) is 11.3 Å². The maximum Gasteiger partial charge on any atom is 0.173 e. The van der Waals surface area contributed by atoms with Crippen LogP contribution < -0.4 is 17.0 Å². The van der Waals surface area contributed by atoms with Gasteiger partial charge < -0.3 is 11.6 Å². The smallest absolute Gasteiger partial charge is 0.173 e. The lowest BCUT2D eigenvalue weighted by atomic mass is 10.2. The van der Waals surface area contributed by atoms with E-state index in [1.54, 1.807) is 12.1 Å². The normalized spacial score (nSPS) is 10.9. The number of anilines is 1. The van der Waals surface area contributed by atoms with Crippen molar-refractivity contribution in [1.82, 2.24) is 5.43 Å². The average molecular weight is 205 g/mol. The van der Waals surface area contributed by atoms with Gasteiger partial charge in [0.1, 0.15) is 0 Å². The molecule has 0 saturated heterocycles. The van der Waals surface area contributed by atoms with Crippen molar-refractivity contribution < 1.29 is 0 Å². The summed E-state index contributed by atoms with van der Waals surface area (Å²) in [5, 5.41) is 7.63. The van der Waals surface area contributed by atoms with Gasteiger partial charge in [0.2, 0.25) is 0 Å². The van der Waals surface area contributed by atoms with Gasteiger partial charge in [0.05, 0.1) is 0 Å². The number of nitrogens with zero attached hydrogens (tertiary/aromatic N) is 2.